The molecule has 1 unspecified atom stereocenters. The lowest BCUT2D eigenvalue weighted by Crippen LogP contribution is -2.55. The van der Waals surface area contributed by atoms with Gasteiger partial charge in [-0.15, -0.1) is 0 Å². The number of benzene rings is 1. The van der Waals surface area contributed by atoms with Crippen molar-refractivity contribution in [1.29, 1.82) is 0 Å². The Hall–Kier alpha value is -4.50. The fourth-order valence-electron chi connectivity index (χ4n) is 6.79. The Morgan fingerprint density at radius 3 is 2.22 bits per heavy atom. The van der Waals surface area contributed by atoms with Gasteiger partial charge in [0.25, 0.3) is 5.78 Å². The number of carbonyl (C=O) groups is 4. The molecule has 5 bridgehead atoms. The summed E-state index contributed by atoms with van der Waals surface area (Å²) in [6.07, 6.45) is 3.66. The van der Waals surface area contributed by atoms with Crippen LogP contribution in [0.15, 0.2) is 42.2 Å². The zero-order valence-electron chi connectivity index (χ0n) is 30.0. The first-order chi connectivity index (χ1) is 23.7. The van der Waals surface area contributed by atoms with E-state index in [2.05, 4.69) is 5.32 Å². The summed E-state index contributed by atoms with van der Waals surface area (Å²) >= 11 is 0. The molecule has 0 fully saturated rings. The van der Waals surface area contributed by atoms with E-state index >= 15 is 0 Å². The molecule has 1 amide bonds. The van der Waals surface area contributed by atoms with Crippen LogP contribution in [0.2, 0.25) is 0 Å². The third-order valence-corrected chi connectivity index (χ3v) is 10.0. The average Bonchev–Trinajstić information content (AvgIpc) is 3.33. The van der Waals surface area contributed by atoms with Crippen LogP contribution in [-0.2, 0) is 23.8 Å². The van der Waals surface area contributed by atoms with Crippen LogP contribution in [-0.4, -0.2) is 86.9 Å². The standard InChI is InChI=1S/C37H47NO13/c1-16-11-10-12-17(2)35(46)38-37(47)15-23(40)25-26(34(37)45)30(43)21(6)32-27(25)33(44)36(8,51-32)49-14-13-24(48-9)18(3)31(50-22(7)39)20(5)29(42)19(4)28(16)41/h10-16,18-20,24,28-29,31,40-43,47H,1-9H3,(H,38,46)/p-1/b11-10+,14-13+,17-12-/t16-,18+,19+,20+,24-,28-,29+,31+,36-,37?/m0/s1. The number of ketones is 2. The SMILES string of the molecule is CO[C@H]1/C=C/O[C@@]2(C)Oc3c(C)c([O-])c4c(c3C2=O)C(O)=CC(O)(NC(=O)/C(C)=C\C=C\[C@H](C)[C@H](O)[C@@H](C)[C@@H](O)[C@@H](C)[C@H](OC(C)=O)[C@@H]1C)C4=O. The van der Waals surface area contributed by atoms with E-state index in [0.29, 0.717) is 6.08 Å². The van der Waals surface area contributed by atoms with E-state index in [9.17, 15) is 44.7 Å². The van der Waals surface area contributed by atoms with Crippen LogP contribution in [0.4, 0.5) is 0 Å². The number of esters is 1. The molecule has 5 N–H and O–H groups in total. The Balaban J connectivity index is 1.86. The third-order valence-electron chi connectivity index (χ3n) is 10.0. The predicted octanol–water partition coefficient (Wildman–Crippen LogP) is 2.52. The quantitative estimate of drug-likeness (QED) is 0.279. The van der Waals surface area contributed by atoms with Crippen molar-refractivity contribution in [3.05, 3.63) is 64.5 Å². The van der Waals surface area contributed by atoms with Crippen molar-refractivity contribution in [2.45, 2.75) is 91.3 Å². The highest BCUT2D eigenvalue weighted by molar-refractivity contribution is 6.19. The number of carbonyl (C=O) groups excluding carboxylic acids is 4. The zero-order chi connectivity index (χ0) is 38.3. The van der Waals surface area contributed by atoms with Crippen molar-refractivity contribution < 1.29 is 63.7 Å². The summed E-state index contributed by atoms with van der Waals surface area (Å²) in [7, 11) is 1.40. The van der Waals surface area contributed by atoms with E-state index in [4.69, 9.17) is 18.9 Å². The lowest BCUT2D eigenvalue weighted by molar-refractivity contribution is -0.269. The van der Waals surface area contributed by atoms with Crippen molar-refractivity contribution in [3.63, 3.8) is 0 Å². The first-order valence-electron chi connectivity index (χ1n) is 16.6. The smallest absolute Gasteiger partial charge is 0.312 e. The van der Waals surface area contributed by atoms with Crippen LogP contribution in [0.25, 0.3) is 5.76 Å². The number of Topliss-reactive ketones (excluding diaryl/α,β-unsaturated/α-hetero) is 2. The highest BCUT2D eigenvalue weighted by Crippen LogP contribution is 2.49. The largest absolute Gasteiger partial charge is 0.872 e. The number of aliphatic hydroxyl groups excluding tert-OH is 3. The van der Waals surface area contributed by atoms with Gasteiger partial charge in [-0.3, -0.25) is 19.2 Å². The molecule has 278 valence electrons. The number of amides is 1. The number of hydrogen-bond acceptors (Lipinski definition) is 13. The van der Waals surface area contributed by atoms with E-state index < -0.39 is 106 Å². The number of fused-ring (bicyclic) bond motifs is 13. The average molecular weight is 713 g/mol. The van der Waals surface area contributed by atoms with E-state index in [1.165, 1.54) is 53.0 Å². The number of rotatable bonds is 2. The van der Waals surface area contributed by atoms with Crippen molar-refractivity contribution in [1.82, 2.24) is 5.32 Å². The van der Waals surface area contributed by atoms with Gasteiger partial charge in [0, 0.05) is 67.4 Å². The molecule has 1 aromatic carbocycles. The van der Waals surface area contributed by atoms with Gasteiger partial charge >= 0.3 is 11.8 Å². The van der Waals surface area contributed by atoms with E-state index in [1.54, 1.807) is 33.8 Å². The highest BCUT2D eigenvalue weighted by atomic mass is 16.7. The lowest BCUT2D eigenvalue weighted by atomic mass is 9.78. The van der Waals surface area contributed by atoms with Gasteiger partial charge in [-0.1, -0.05) is 51.7 Å². The number of nitrogens with one attached hydrogen (secondary N) is 1. The van der Waals surface area contributed by atoms with E-state index in [0.717, 1.165) is 6.26 Å². The molecule has 3 aliphatic heterocycles. The first kappa shape index (κ1) is 39.3. The molecule has 51 heavy (non-hydrogen) atoms. The number of aliphatic hydroxyl groups is 4. The van der Waals surface area contributed by atoms with Crippen LogP contribution in [0.3, 0.4) is 0 Å². The van der Waals surface area contributed by atoms with Crippen LogP contribution < -0.4 is 15.2 Å². The van der Waals surface area contributed by atoms with Crippen molar-refractivity contribution in [3.8, 4) is 11.5 Å². The van der Waals surface area contributed by atoms with Crippen molar-refractivity contribution in [2.75, 3.05) is 7.11 Å². The predicted molar refractivity (Wildman–Crippen MR) is 180 cm³/mol. The van der Waals surface area contributed by atoms with Crippen LogP contribution in [0, 0.1) is 30.6 Å². The molecule has 0 saturated heterocycles. The minimum Gasteiger partial charge on any atom is -0.872 e. The first-order valence-corrected chi connectivity index (χ1v) is 16.6. The summed E-state index contributed by atoms with van der Waals surface area (Å²) in [4.78, 5) is 52.9. The van der Waals surface area contributed by atoms with Crippen molar-refractivity contribution in [2.24, 2.45) is 23.7 Å². The zero-order valence-corrected chi connectivity index (χ0v) is 30.0. The van der Waals surface area contributed by atoms with Crippen LogP contribution >= 0.6 is 0 Å². The molecule has 0 radical (unpaired) electrons. The molecule has 14 nitrogen and oxygen atoms in total. The molecule has 0 spiro atoms. The maximum absolute atomic E-state index is 13.9. The Kier molecular flexibility index (Phi) is 11.3. The van der Waals surface area contributed by atoms with Crippen LogP contribution in [0.1, 0.15) is 80.3 Å². The second-order valence-corrected chi connectivity index (χ2v) is 13.7. The second-order valence-electron chi connectivity index (χ2n) is 13.7. The summed E-state index contributed by atoms with van der Waals surface area (Å²) < 4.78 is 23.0. The summed E-state index contributed by atoms with van der Waals surface area (Å²) in [5, 5.41) is 60.6. The van der Waals surface area contributed by atoms with E-state index in [-0.39, 0.29) is 22.4 Å². The topological polar surface area (TPSA) is 221 Å². The monoisotopic (exact) mass is 712 g/mol. The fourth-order valence-corrected chi connectivity index (χ4v) is 6.79. The molecule has 0 aromatic heterocycles. The Bertz CT molecular complexity index is 1730. The Labute approximate surface area is 296 Å². The molecule has 14 heteroatoms. The molecule has 0 saturated carbocycles. The highest BCUT2D eigenvalue weighted by Gasteiger charge is 2.52. The number of methoxy groups -OCH3 is 1. The second kappa shape index (κ2) is 14.6. The fraction of sp³-hybridized carbons (Fsp3) is 0.514. The van der Waals surface area contributed by atoms with Gasteiger partial charge in [-0.2, -0.15) is 0 Å². The summed E-state index contributed by atoms with van der Waals surface area (Å²) in [5.41, 5.74) is -4.55. The van der Waals surface area contributed by atoms with Crippen molar-refractivity contribution >= 4 is 29.2 Å². The summed E-state index contributed by atoms with van der Waals surface area (Å²) in [6.45, 7) is 11.9. The maximum atomic E-state index is 13.9. The summed E-state index contributed by atoms with van der Waals surface area (Å²) in [5.74, 6) is -10.4. The third kappa shape index (κ3) is 7.18. The molecular formula is C37H46NO13-. The molecule has 3 heterocycles. The number of ether oxygens (including phenoxy) is 4. The van der Waals surface area contributed by atoms with Gasteiger partial charge in [0.05, 0.1) is 30.1 Å². The van der Waals surface area contributed by atoms with Gasteiger partial charge in [-0.05, 0) is 25.5 Å². The minimum absolute atomic E-state index is 0.00644. The molecule has 1 aromatic rings. The van der Waals surface area contributed by atoms with Gasteiger partial charge < -0.3 is 49.8 Å². The normalized spacial score (nSPS) is 36.9. The molecule has 1 aliphatic carbocycles. The van der Waals surface area contributed by atoms with Gasteiger partial charge in [0.15, 0.2) is 0 Å². The number of hydrogen-bond donors (Lipinski definition) is 5. The molecule has 4 aliphatic rings. The summed E-state index contributed by atoms with van der Waals surface area (Å²) in [6, 6.07) is 0. The van der Waals surface area contributed by atoms with E-state index in [1.807, 2.05) is 0 Å². The Morgan fingerprint density at radius 2 is 1.61 bits per heavy atom. The van der Waals surface area contributed by atoms with Gasteiger partial charge in [0.1, 0.15) is 17.6 Å². The number of allylic oxidation sites excluding steroid dienone is 2. The van der Waals surface area contributed by atoms with Crippen LogP contribution in [0.5, 0.6) is 11.5 Å². The van der Waals surface area contributed by atoms with Gasteiger partial charge in [0.2, 0.25) is 17.4 Å². The molecule has 10 atom stereocenters. The molecular weight excluding hydrogens is 666 g/mol. The lowest BCUT2D eigenvalue weighted by Gasteiger charge is -2.38. The van der Waals surface area contributed by atoms with Gasteiger partial charge in [-0.25, -0.2) is 0 Å². The minimum atomic E-state index is -2.85. The Morgan fingerprint density at radius 1 is 0.961 bits per heavy atom. The molecule has 5 rings (SSSR count). The maximum Gasteiger partial charge on any atom is 0.312 e.